The van der Waals surface area contributed by atoms with Crippen molar-refractivity contribution in [2.24, 2.45) is 11.5 Å². The van der Waals surface area contributed by atoms with Crippen LogP contribution in [0, 0.1) is 12.7 Å². The lowest BCUT2D eigenvalue weighted by molar-refractivity contribution is -0.122. The Balaban J connectivity index is 2.06. The van der Waals surface area contributed by atoms with Gasteiger partial charge in [0, 0.05) is 13.0 Å². The first-order valence-electron chi connectivity index (χ1n) is 8.76. The molecule has 2 aromatic rings. The Morgan fingerprint density at radius 1 is 1.44 bits per heavy atom. The van der Waals surface area contributed by atoms with Crippen LogP contribution in [-0.4, -0.2) is 46.8 Å². The number of carbonyl (C=O) groups is 1. The van der Waals surface area contributed by atoms with E-state index in [9.17, 15) is 9.18 Å². The Morgan fingerprint density at radius 3 is 2.74 bits per heavy atom. The van der Waals surface area contributed by atoms with E-state index in [0.29, 0.717) is 25.6 Å². The standard InChI is InChI=1S/C18H28FN5O3/c1-12-8-16(19)5-4-14(12)10-27-11-15(9-18(20,21)13(2)25)17-22-23-24(17)6-7-26-3/h4-5,8,15,23H,6-7,9-11,20-21H2,1-3H3. The Labute approximate surface area is 158 Å². The highest BCUT2D eigenvalue weighted by Crippen LogP contribution is 2.24. The van der Waals surface area contributed by atoms with Crippen LogP contribution in [-0.2, 0) is 27.4 Å². The molecule has 0 aliphatic carbocycles. The number of nitrogens with zero attached hydrogens (tertiary/aromatic N) is 2. The van der Waals surface area contributed by atoms with E-state index in [0.717, 1.165) is 11.1 Å². The van der Waals surface area contributed by atoms with Gasteiger partial charge in [0.25, 0.3) is 0 Å². The van der Waals surface area contributed by atoms with Crippen LogP contribution >= 0.6 is 0 Å². The number of ether oxygens (including phenoxy) is 2. The molecule has 0 amide bonds. The van der Waals surface area contributed by atoms with Crippen LogP contribution < -0.4 is 11.5 Å². The van der Waals surface area contributed by atoms with Gasteiger partial charge in [-0.25, -0.2) is 9.60 Å². The molecule has 0 radical (unpaired) electrons. The van der Waals surface area contributed by atoms with Gasteiger partial charge in [-0.2, -0.15) is 0 Å². The maximum atomic E-state index is 13.2. The zero-order chi connectivity index (χ0) is 20.0. The van der Waals surface area contributed by atoms with Crippen LogP contribution in [0.2, 0.25) is 0 Å². The van der Waals surface area contributed by atoms with E-state index in [1.807, 2.05) is 11.6 Å². The lowest BCUT2D eigenvalue weighted by Crippen LogP contribution is -2.56. The van der Waals surface area contributed by atoms with E-state index >= 15 is 0 Å². The summed E-state index contributed by atoms with van der Waals surface area (Å²) < 4.78 is 25.9. The van der Waals surface area contributed by atoms with Crippen molar-refractivity contribution in [2.75, 3.05) is 20.3 Å². The number of nitrogens with one attached hydrogen (secondary N) is 1. The van der Waals surface area contributed by atoms with Crippen molar-refractivity contribution in [3.63, 3.8) is 0 Å². The highest BCUT2D eigenvalue weighted by molar-refractivity contribution is 5.85. The number of aryl methyl sites for hydroxylation is 1. The number of ketones is 1. The summed E-state index contributed by atoms with van der Waals surface area (Å²) in [4.78, 5) is 11.7. The minimum Gasteiger partial charge on any atom is -0.383 e. The van der Waals surface area contributed by atoms with Crippen LogP contribution in [0.15, 0.2) is 18.2 Å². The van der Waals surface area contributed by atoms with Gasteiger partial charge in [-0.15, -0.1) is 5.10 Å². The number of halogens is 1. The largest absolute Gasteiger partial charge is 0.383 e. The molecule has 0 aliphatic heterocycles. The smallest absolute Gasteiger partial charge is 0.163 e. The van der Waals surface area contributed by atoms with Gasteiger partial charge >= 0.3 is 0 Å². The van der Waals surface area contributed by atoms with E-state index in [1.165, 1.54) is 19.1 Å². The minimum absolute atomic E-state index is 0.189. The summed E-state index contributed by atoms with van der Waals surface area (Å²) in [5.41, 5.74) is 12.1. The molecule has 0 spiro atoms. The SMILES string of the molecule is COCCn1[nH]nc1C(COCc1ccc(F)cc1C)CC(N)(N)C(C)=O. The molecule has 2 rings (SSSR count). The van der Waals surface area contributed by atoms with Crippen molar-refractivity contribution in [3.8, 4) is 0 Å². The summed E-state index contributed by atoms with van der Waals surface area (Å²) in [5, 5.41) is 7.01. The fraction of sp³-hybridized carbons (Fsp3) is 0.556. The van der Waals surface area contributed by atoms with E-state index in [-0.39, 0.29) is 30.5 Å². The zero-order valence-electron chi connectivity index (χ0n) is 16.0. The van der Waals surface area contributed by atoms with E-state index < -0.39 is 5.66 Å². The summed E-state index contributed by atoms with van der Waals surface area (Å²) in [6.07, 6.45) is 0.189. The average molecular weight is 381 g/mol. The summed E-state index contributed by atoms with van der Waals surface area (Å²) in [6, 6.07) is 4.55. The van der Waals surface area contributed by atoms with E-state index in [2.05, 4.69) is 10.3 Å². The number of carbonyl (C=O) groups excluding carboxylic acids is 1. The molecule has 1 atom stereocenters. The molecule has 0 saturated carbocycles. The van der Waals surface area contributed by atoms with Gasteiger partial charge in [0.2, 0.25) is 0 Å². The first kappa shape index (κ1) is 21.2. The lowest BCUT2D eigenvalue weighted by atomic mass is 9.92. The van der Waals surface area contributed by atoms with Gasteiger partial charge in [-0.1, -0.05) is 6.07 Å². The third-order valence-corrected chi connectivity index (χ3v) is 4.57. The predicted octanol–water partition coefficient (Wildman–Crippen LogP) is 1.20. The molecular weight excluding hydrogens is 353 g/mol. The van der Waals surface area contributed by atoms with Crippen LogP contribution in [0.1, 0.15) is 36.2 Å². The predicted molar refractivity (Wildman–Crippen MR) is 98.4 cm³/mol. The fourth-order valence-electron chi connectivity index (χ4n) is 2.75. The van der Waals surface area contributed by atoms with Crippen molar-refractivity contribution in [1.29, 1.82) is 0 Å². The molecule has 1 heterocycles. The van der Waals surface area contributed by atoms with Gasteiger partial charge in [0.15, 0.2) is 11.6 Å². The monoisotopic (exact) mass is 381 g/mol. The molecule has 8 nitrogen and oxygen atoms in total. The fourth-order valence-corrected chi connectivity index (χ4v) is 2.75. The summed E-state index contributed by atoms with van der Waals surface area (Å²) in [6.45, 7) is 4.87. The maximum absolute atomic E-state index is 13.2. The van der Waals surface area contributed by atoms with Crippen LogP contribution in [0.5, 0.6) is 0 Å². The van der Waals surface area contributed by atoms with Gasteiger partial charge in [-0.05, 0) is 43.5 Å². The van der Waals surface area contributed by atoms with E-state index in [1.54, 1.807) is 13.2 Å². The van der Waals surface area contributed by atoms with Crippen molar-refractivity contribution in [2.45, 2.75) is 45.0 Å². The number of Topliss-reactive ketones (excluding diaryl/α,β-unsaturated/α-hetero) is 1. The Morgan fingerprint density at radius 2 is 2.19 bits per heavy atom. The molecule has 1 aromatic heterocycles. The highest BCUT2D eigenvalue weighted by Gasteiger charge is 2.33. The van der Waals surface area contributed by atoms with Gasteiger partial charge in [0.05, 0.1) is 26.4 Å². The second kappa shape index (κ2) is 9.23. The average Bonchev–Trinajstić information content (AvgIpc) is 2.55. The molecule has 9 heteroatoms. The van der Waals surface area contributed by atoms with Gasteiger partial charge < -0.3 is 20.9 Å². The molecular formula is C18H28FN5O3. The van der Waals surface area contributed by atoms with Crippen molar-refractivity contribution < 1.29 is 18.7 Å². The van der Waals surface area contributed by atoms with E-state index in [4.69, 9.17) is 20.9 Å². The molecule has 1 unspecified atom stereocenters. The number of methoxy groups -OCH3 is 1. The Hall–Kier alpha value is -2.07. The maximum Gasteiger partial charge on any atom is 0.163 e. The molecule has 0 bridgehead atoms. The van der Waals surface area contributed by atoms with Gasteiger partial charge in [0.1, 0.15) is 11.5 Å². The number of hydrogen-bond acceptors (Lipinski definition) is 6. The first-order chi connectivity index (χ1) is 12.7. The molecule has 0 aliphatic rings. The summed E-state index contributed by atoms with van der Waals surface area (Å²) in [5.74, 6) is -0.152. The molecule has 0 fully saturated rings. The molecule has 0 saturated heterocycles. The third-order valence-electron chi connectivity index (χ3n) is 4.57. The number of aromatic amines is 1. The van der Waals surface area contributed by atoms with Crippen molar-refractivity contribution >= 4 is 5.78 Å². The number of hydrogen-bond donors (Lipinski definition) is 3. The summed E-state index contributed by atoms with van der Waals surface area (Å²) >= 11 is 0. The molecule has 150 valence electrons. The zero-order valence-corrected chi connectivity index (χ0v) is 16.0. The third kappa shape index (κ3) is 5.70. The Kier molecular flexibility index (Phi) is 7.25. The lowest BCUT2D eigenvalue weighted by Gasteiger charge is -2.29. The molecule has 1 aromatic carbocycles. The second-order valence-corrected chi connectivity index (χ2v) is 6.80. The molecule has 5 N–H and O–H groups in total. The van der Waals surface area contributed by atoms with Crippen LogP contribution in [0.4, 0.5) is 4.39 Å². The van der Waals surface area contributed by atoms with Crippen molar-refractivity contribution in [1.82, 2.24) is 15.0 Å². The highest BCUT2D eigenvalue weighted by atomic mass is 19.1. The van der Waals surface area contributed by atoms with Gasteiger partial charge in [-0.3, -0.25) is 9.48 Å². The topological polar surface area (TPSA) is 121 Å². The minimum atomic E-state index is -1.47. The number of aromatic nitrogens is 3. The first-order valence-corrected chi connectivity index (χ1v) is 8.76. The van der Waals surface area contributed by atoms with Crippen LogP contribution in [0.25, 0.3) is 0 Å². The Bertz CT molecular complexity index is 756. The number of nitrogens with two attached hydrogens (primary N) is 2. The number of benzene rings is 1. The van der Waals surface area contributed by atoms with Crippen LogP contribution in [0.3, 0.4) is 0 Å². The number of H-pyrrole nitrogens is 1. The number of rotatable bonds is 11. The second-order valence-electron chi connectivity index (χ2n) is 6.80. The molecule has 27 heavy (non-hydrogen) atoms. The summed E-state index contributed by atoms with van der Waals surface area (Å²) in [7, 11) is 1.61. The normalized spacial score (nSPS) is 13.1. The quantitative estimate of drug-likeness (QED) is 0.503. The van der Waals surface area contributed by atoms with Crippen molar-refractivity contribution in [3.05, 3.63) is 41.0 Å².